The molecule has 0 aliphatic rings. The summed E-state index contributed by atoms with van der Waals surface area (Å²) in [5.41, 5.74) is 8.87. The van der Waals surface area contributed by atoms with E-state index >= 15 is 0 Å². The van der Waals surface area contributed by atoms with Gasteiger partial charge in [0.2, 0.25) is 10.0 Å². The van der Waals surface area contributed by atoms with Crippen molar-refractivity contribution in [3.05, 3.63) is 90.0 Å². The predicted molar refractivity (Wildman–Crippen MR) is 106 cm³/mol. The Hall–Kier alpha value is -3.12. The largest absolute Gasteiger partial charge is 0.384 e. The first-order valence-electron chi connectivity index (χ1n) is 8.03. The first kappa shape index (κ1) is 17.7. The normalized spacial score (nSPS) is 11.1. The van der Waals surface area contributed by atoms with Crippen molar-refractivity contribution in [2.24, 2.45) is 5.73 Å². The monoisotopic (exact) mass is 365 g/mol. The van der Waals surface area contributed by atoms with E-state index in [1.807, 2.05) is 36.4 Å². The minimum absolute atomic E-state index is 0.0333. The standard InChI is InChI=1S/C20H19N3O2S/c21-20(22)17-10-6-9-16(13-17)18-11-4-5-12-19(18)23-26(24,25)14-15-7-2-1-3-8-15/h1-13,23H,14H2,(H3,21,22). The van der Waals surface area contributed by atoms with Gasteiger partial charge in [-0.25, -0.2) is 8.42 Å². The molecule has 132 valence electrons. The third kappa shape index (κ3) is 4.29. The fraction of sp³-hybridized carbons (Fsp3) is 0.0500. The first-order valence-corrected chi connectivity index (χ1v) is 9.68. The molecule has 6 heteroatoms. The molecular weight excluding hydrogens is 346 g/mol. The van der Waals surface area contributed by atoms with Gasteiger partial charge in [-0.3, -0.25) is 10.1 Å². The van der Waals surface area contributed by atoms with E-state index in [9.17, 15) is 8.42 Å². The molecule has 4 N–H and O–H groups in total. The Kier molecular flexibility index (Phi) is 5.04. The maximum absolute atomic E-state index is 12.6. The van der Waals surface area contributed by atoms with Crippen molar-refractivity contribution in [2.75, 3.05) is 4.72 Å². The summed E-state index contributed by atoms with van der Waals surface area (Å²) in [4.78, 5) is 0. The third-order valence-corrected chi connectivity index (χ3v) is 5.12. The van der Waals surface area contributed by atoms with Gasteiger partial charge in [0, 0.05) is 11.1 Å². The molecule has 0 saturated carbocycles. The van der Waals surface area contributed by atoms with Crippen molar-refractivity contribution < 1.29 is 8.42 Å². The summed E-state index contributed by atoms with van der Waals surface area (Å²) < 4.78 is 27.8. The number of sulfonamides is 1. The molecule has 0 fully saturated rings. The molecule has 0 heterocycles. The molecular formula is C20H19N3O2S. The van der Waals surface area contributed by atoms with Crippen LogP contribution in [-0.2, 0) is 15.8 Å². The van der Waals surface area contributed by atoms with Gasteiger partial charge in [0.1, 0.15) is 5.84 Å². The number of hydrogen-bond donors (Lipinski definition) is 3. The van der Waals surface area contributed by atoms with Crippen molar-refractivity contribution in [1.82, 2.24) is 0 Å². The average molecular weight is 365 g/mol. The zero-order valence-corrected chi connectivity index (χ0v) is 14.8. The first-order chi connectivity index (χ1) is 12.4. The van der Waals surface area contributed by atoms with Crippen LogP contribution in [0.15, 0.2) is 78.9 Å². The Morgan fingerprint density at radius 2 is 1.62 bits per heavy atom. The van der Waals surface area contributed by atoms with Crippen LogP contribution in [0.2, 0.25) is 0 Å². The van der Waals surface area contributed by atoms with Crippen molar-refractivity contribution in [3.63, 3.8) is 0 Å². The summed E-state index contributed by atoms with van der Waals surface area (Å²) in [6, 6.07) is 23.4. The number of nitrogens with two attached hydrogens (primary N) is 1. The van der Waals surface area contributed by atoms with Crippen molar-refractivity contribution >= 4 is 21.5 Å². The smallest absolute Gasteiger partial charge is 0.236 e. The van der Waals surface area contributed by atoms with E-state index < -0.39 is 10.0 Å². The average Bonchev–Trinajstić information content (AvgIpc) is 2.62. The second-order valence-electron chi connectivity index (χ2n) is 5.89. The van der Waals surface area contributed by atoms with Crippen LogP contribution < -0.4 is 10.5 Å². The van der Waals surface area contributed by atoms with Crippen LogP contribution in [0.5, 0.6) is 0 Å². The van der Waals surface area contributed by atoms with Crippen LogP contribution >= 0.6 is 0 Å². The molecule has 0 radical (unpaired) electrons. The number of nitrogen functional groups attached to an aromatic ring is 1. The Labute approximate surface area is 153 Å². The lowest BCUT2D eigenvalue weighted by Gasteiger charge is -2.13. The zero-order valence-electron chi connectivity index (χ0n) is 14.0. The molecule has 0 aliphatic carbocycles. The van der Waals surface area contributed by atoms with Gasteiger partial charge in [-0.1, -0.05) is 66.7 Å². The topological polar surface area (TPSA) is 96.0 Å². The van der Waals surface area contributed by atoms with Crippen molar-refractivity contribution in [1.29, 1.82) is 5.41 Å². The second kappa shape index (κ2) is 7.41. The summed E-state index contributed by atoms with van der Waals surface area (Å²) in [7, 11) is -3.56. The Morgan fingerprint density at radius 3 is 2.35 bits per heavy atom. The fourth-order valence-electron chi connectivity index (χ4n) is 2.68. The lowest BCUT2D eigenvalue weighted by molar-refractivity contribution is 0.600. The van der Waals surface area contributed by atoms with Gasteiger partial charge in [0.15, 0.2) is 0 Å². The van der Waals surface area contributed by atoms with E-state index in [-0.39, 0.29) is 11.6 Å². The Bertz CT molecular complexity index is 1030. The maximum Gasteiger partial charge on any atom is 0.236 e. The van der Waals surface area contributed by atoms with Gasteiger partial charge in [-0.15, -0.1) is 0 Å². The number of benzene rings is 3. The van der Waals surface area contributed by atoms with Crippen LogP contribution in [0.1, 0.15) is 11.1 Å². The van der Waals surface area contributed by atoms with Gasteiger partial charge < -0.3 is 5.73 Å². The van der Waals surface area contributed by atoms with E-state index in [0.29, 0.717) is 11.3 Å². The van der Waals surface area contributed by atoms with E-state index in [0.717, 1.165) is 16.7 Å². The highest BCUT2D eigenvalue weighted by molar-refractivity contribution is 7.91. The van der Waals surface area contributed by atoms with Gasteiger partial charge in [0.25, 0.3) is 0 Å². The summed E-state index contributed by atoms with van der Waals surface area (Å²) in [5, 5.41) is 7.58. The number of anilines is 1. The number of hydrogen-bond acceptors (Lipinski definition) is 3. The molecule has 5 nitrogen and oxygen atoms in total. The second-order valence-corrected chi connectivity index (χ2v) is 7.61. The summed E-state index contributed by atoms with van der Waals surface area (Å²) in [5.74, 6) is -0.135. The molecule has 0 aromatic heterocycles. The lowest BCUT2D eigenvalue weighted by atomic mass is 10.0. The predicted octanol–water partition coefficient (Wildman–Crippen LogP) is 3.58. The molecule has 3 rings (SSSR count). The van der Waals surface area contributed by atoms with Crippen LogP contribution in [0.3, 0.4) is 0 Å². The molecule has 3 aromatic rings. The minimum Gasteiger partial charge on any atom is -0.384 e. The molecule has 0 aliphatic heterocycles. The van der Waals surface area contributed by atoms with Crippen LogP contribution in [0, 0.1) is 5.41 Å². The molecule has 3 aromatic carbocycles. The van der Waals surface area contributed by atoms with Crippen molar-refractivity contribution in [2.45, 2.75) is 5.75 Å². The Balaban J connectivity index is 1.92. The SMILES string of the molecule is N=C(N)c1cccc(-c2ccccc2NS(=O)(=O)Cc2ccccc2)c1. The zero-order chi connectivity index (χ0) is 18.6. The van der Waals surface area contributed by atoms with E-state index in [1.165, 1.54) is 0 Å². The van der Waals surface area contributed by atoms with Crippen molar-refractivity contribution in [3.8, 4) is 11.1 Å². The molecule has 26 heavy (non-hydrogen) atoms. The van der Waals surface area contributed by atoms with Crippen LogP contribution in [0.25, 0.3) is 11.1 Å². The molecule has 0 bridgehead atoms. The van der Waals surface area contributed by atoms with Gasteiger partial charge in [-0.05, 0) is 23.3 Å². The van der Waals surface area contributed by atoms with E-state index in [1.54, 1.807) is 42.5 Å². The highest BCUT2D eigenvalue weighted by atomic mass is 32.2. The van der Waals surface area contributed by atoms with Crippen LogP contribution in [-0.4, -0.2) is 14.3 Å². The third-order valence-electron chi connectivity index (χ3n) is 3.88. The minimum atomic E-state index is -3.56. The van der Waals surface area contributed by atoms with Gasteiger partial charge in [0.05, 0.1) is 11.4 Å². The van der Waals surface area contributed by atoms with E-state index in [2.05, 4.69) is 4.72 Å². The number of nitrogens with one attached hydrogen (secondary N) is 2. The quantitative estimate of drug-likeness (QED) is 0.460. The highest BCUT2D eigenvalue weighted by Gasteiger charge is 2.15. The molecule has 0 atom stereocenters. The number of amidine groups is 1. The van der Waals surface area contributed by atoms with E-state index in [4.69, 9.17) is 11.1 Å². The van der Waals surface area contributed by atoms with Gasteiger partial charge >= 0.3 is 0 Å². The fourth-order valence-corrected chi connectivity index (χ4v) is 3.89. The Morgan fingerprint density at radius 1 is 0.923 bits per heavy atom. The molecule has 0 amide bonds. The molecule has 0 saturated heterocycles. The summed E-state index contributed by atoms with van der Waals surface area (Å²) in [6.45, 7) is 0. The number of rotatable bonds is 6. The maximum atomic E-state index is 12.6. The molecule has 0 unspecified atom stereocenters. The lowest BCUT2D eigenvalue weighted by Crippen LogP contribution is -2.15. The highest BCUT2D eigenvalue weighted by Crippen LogP contribution is 2.29. The summed E-state index contributed by atoms with van der Waals surface area (Å²) >= 11 is 0. The summed E-state index contributed by atoms with van der Waals surface area (Å²) in [6.07, 6.45) is 0. The number of para-hydroxylation sites is 1. The molecule has 0 spiro atoms. The van der Waals surface area contributed by atoms with Gasteiger partial charge in [-0.2, -0.15) is 0 Å². The van der Waals surface area contributed by atoms with Crippen LogP contribution in [0.4, 0.5) is 5.69 Å².